The highest BCUT2D eigenvalue weighted by Gasteiger charge is 2.51. The molecular weight excluding hydrogens is 390 g/mol. The largest absolute Gasteiger partial charge is 0.493 e. The number of carbonyl (C=O) groups is 1. The van der Waals surface area contributed by atoms with Gasteiger partial charge in [-0.1, -0.05) is 25.1 Å². The molecule has 1 aliphatic carbocycles. The predicted molar refractivity (Wildman–Crippen MR) is 108 cm³/mol. The number of benzene rings is 1. The third-order valence-corrected chi connectivity index (χ3v) is 5.90. The number of nitrogens with one attached hydrogen (secondary N) is 1. The van der Waals surface area contributed by atoms with Gasteiger partial charge in [0.25, 0.3) is 0 Å². The molecule has 150 valence electrons. The van der Waals surface area contributed by atoms with Gasteiger partial charge >= 0.3 is 0 Å². The lowest BCUT2D eigenvalue weighted by atomic mass is 9.67. The maximum atomic E-state index is 12.6. The van der Waals surface area contributed by atoms with E-state index in [4.69, 9.17) is 26.4 Å². The van der Waals surface area contributed by atoms with E-state index < -0.39 is 11.3 Å². The van der Waals surface area contributed by atoms with Crippen LogP contribution < -0.4 is 14.8 Å². The van der Waals surface area contributed by atoms with Crippen molar-refractivity contribution in [2.45, 2.75) is 25.7 Å². The number of hydrogen-bond donors (Lipinski definition) is 1. The second-order valence-electron chi connectivity index (χ2n) is 7.01. The molecule has 29 heavy (non-hydrogen) atoms. The van der Waals surface area contributed by atoms with E-state index in [1.165, 1.54) is 14.2 Å². The van der Waals surface area contributed by atoms with Crippen LogP contribution in [0, 0.1) is 34.0 Å². The van der Waals surface area contributed by atoms with Crippen LogP contribution in [0.4, 0.5) is 0 Å². The highest BCUT2D eigenvalue weighted by molar-refractivity contribution is 7.80. The van der Waals surface area contributed by atoms with E-state index in [9.17, 15) is 15.3 Å². The van der Waals surface area contributed by atoms with Crippen molar-refractivity contribution in [2.24, 2.45) is 11.3 Å². The van der Waals surface area contributed by atoms with Gasteiger partial charge in [0, 0.05) is 11.0 Å². The molecule has 1 aromatic carbocycles. The van der Waals surface area contributed by atoms with Crippen molar-refractivity contribution in [3.63, 3.8) is 0 Å². The topological polar surface area (TPSA) is 104 Å². The molecule has 0 aromatic heterocycles. The lowest BCUT2D eigenvalue weighted by molar-refractivity contribution is 0.0838. The molecule has 1 N–H and O–H groups in total. The van der Waals surface area contributed by atoms with Gasteiger partial charge in [-0.3, -0.25) is 4.79 Å². The number of methoxy groups -OCH3 is 2. The smallest absolute Gasteiger partial charge is 0.206 e. The first-order valence-corrected chi connectivity index (χ1v) is 9.65. The highest BCUT2D eigenvalue weighted by Crippen LogP contribution is 2.52. The van der Waals surface area contributed by atoms with Crippen molar-refractivity contribution in [3.05, 3.63) is 35.2 Å². The number of allylic oxidation sites excluding steroid dienone is 1. The number of ether oxygens (including phenoxy) is 3. The fourth-order valence-corrected chi connectivity index (χ4v) is 4.47. The molecule has 3 rings (SSSR count). The second kappa shape index (κ2) is 8.50. The van der Waals surface area contributed by atoms with Crippen molar-refractivity contribution >= 4 is 23.0 Å². The molecule has 7 nitrogen and oxygen atoms in total. The standard InChI is InChI=1S/C21H21N3O4S/c1-26-17-6-5-13(9-18(17)27-2)16(25)12-28-19-14(10-22)21(7-3-4-8-21)15(11-23)20(29)24-19/h5-6,9,15H,3-4,7-8,12H2,1-2H3,(H,24,29). The van der Waals surface area contributed by atoms with Crippen LogP contribution in [0.15, 0.2) is 29.7 Å². The fourth-order valence-electron chi connectivity index (χ4n) is 4.10. The number of nitriles is 2. The summed E-state index contributed by atoms with van der Waals surface area (Å²) >= 11 is 5.37. The summed E-state index contributed by atoms with van der Waals surface area (Å²) in [5.41, 5.74) is 0.133. The molecule has 2 aliphatic rings. The van der Waals surface area contributed by atoms with Gasteiger partial charge in [0.05, 0.1) is 25.9 Å². The summed E-state index contributed by atoms with van der Waals surface area (Å²) in [7, 11) is 3.01. The molecule has 0 amide bonds. The zero-order valence-electron chi connectivity index (χ0n) is 16.3. The summed E-state index contributed by atoms with van der Waals surface area (Å²) < 4.78 is 16.1. The fraction of sp³-hybridized carbons (Fsp3) is 0.429. The molecule has 1 aliphatic heterocycles. The number of ketones is 1. The van der Waals surface area contributed by atoms with Gasteiger partial charge in [0.15, 0.2) is 23.9 Å². The minimum Gasteiger partial charge on any atom is -0.493 e. The summed E-state index contributed by atoms with van der Waals surface area (Å²) in [6.07, 6.45) is 3.24. The Morgan fingerprint density at radius 3 is 2.52 bits per heavy atom. The molecule has 1 fully saturated rings. The van der Waals surface area contributed by atoms with Crippen LogP contribution in [-0.4, -0.2) is 31.6 Å². The van der Waals surface area contributed by atoms with E-state index in [-0.39, 0.29) is 18.3 Å². The van der Waals surface area contributed by atoms with E-state index in [1.54, 1.807) is 18.2 Å². The second-order valence-corrected chi connectivity index (χ2v) is 7.45. The summed E-state index contributed by atoms with van der Waals surface area (Å²) in [5.74, 6) is 0.285. The lowest BCUT2D eigenvalue weighted by Crippen LogP contribution is -2.46. The van der Waals surface area contributed by atoms with Crippen molar-refractivity contribution in [1.82, 2.24) is 5.32 Å². The molecule has 0 radical (unpaired) electrons. The normalized spacial score (nSPS) is 19.9. The SMILES string of the molecule is COc1ccc(C(=O)COC2=C(C#N)C3(CCCC3)C(C#N)C(=S)N2)cc1OC. The number of rotatable bonds is 6. The third kappa shape index (κ3) is 3.64. The average molecular weight is 411 g/mol. The summed E-state index contributed by atoms with van der Waals surface area (Å²) in [4.78, 5) is 13.0. The highest BCUT2D eigenvalue weighted by atomic mass is 32.1. The molecule has 0 bridgehead atoms. The van der Waals surface area contributed by atoms with Crippen LogP contribution in [-0.2, 0) is 4.74 Å². The summed E-state index contributed by atoms with van der Waals surface area (Å²) in [5, 5.41) is 22.3. The number of nitrogens with zero attached hydrogens (tertiary/aromatic N) is 2. The minimum absolute atomic E-state index is 0.180. The van der Waals surface area contributed by atoms with E-state index in [0.717, 1.165) is 12.8 Å². The van der Waals surface area contributed by atoms with Crippen LogP contribution in [0.5, 0.6) is 11.5 Å². The molecule has 8 heteroatoms. The van der Waals surface area contributed by atoms with E-state index in [1.807, 2.05) is 0 Å². The van der Waals surface area contributed by atoms with Crippen LogP contribution in [0.2, 0.25) is 0 Å². The molecule has 1 unspecified atom stereocenters. The maximum Gasteiger partial charge on any atom is 0.206 e. The molecule has 1 atom stereocenters. The molecule has 1 spiro atoms. The van der Waals surface area contributed by atoms with Crippen LogP contribution >= 0.6 is 12.2 Å². The Labute approximate surface area is 174 Å². The van der Waals surface area contributed by atoms with Gasteiger partial charge in [0.2, 0.25) is 5.88 Å². The lowest BCUT2D eigenvalue weighted by Gasteiger charge is -2.38. The first-order chi connectivity index (χ1) is 14.0. The Balaban J connectivity index is 1.85. The summed E-state index contributed by atoms with van der Waals surface area (Å²) in [6, 6.07) is 9.29. The number of carbonyl (C=O) groups excluding carboxylic acids is 1. The van der Waals surface area contributed by atoms with Crippen LogP contribution in [0.1, 0.15) is 36.0 Å². The van der Waals surface area contributed by atoms with Crippen LogP contribution in [0.25, 0.3) is 0 Å². The molecule has 0 saturated heterocycles. The number of hydrogen-bond acceptors (Lipinski definition) is 7. The monoisotopic (exact) mass is 411 g/mol. The molecule has 1 aromatic rings. The molecular formula is C21H21N3O4S. The Kier molecular flexibility index (Phi) is 6.05. The van der Waals surface area contributed by atoms with Gasteiger partial charge in [-0.15, -0.1) is 0 Å². The zero-order chi connectivity index (χ0) is 21.0. The van der Waals surface area contributed by atoms with Crippen molar-refractivity contribution in [2.75, 3.05) is 20.8 Å². The summed E-state index contributed by atoms with van der Waals surface area (Å²) in [6.45, 7) is -0.279. The van der Waals surface area contributed by atoms with Crippen molar-refractivity contribution < 1.29 is 19.0 Å². The van der Waals surface area contributed by atoms with Crippen molar-refractivity contribution in [3.8, 4) is 23.6 Å². The molecule has 1 heterocycles. The Hall–Kier alpha value is -3.10. The Bertz CT molecular complexity index is 952. The molecule has 1 saturated carbocycles. The minimum atomic E-state index is -0.631. The van der Waals surface area contributed by atoms with Crippen molar-refractivity contribution in [1.29, 1.82) is 10.5 Å². The van der Waals surface area contributed by atoms with Gasteiger partial charge in [-0.25, -0.2) is 0 Å². The number of Topliss-reactive ketones (excluding diaryl/α,β-unsaturated/α-hetero) is 1. The first-order valence-electron chi connectivity index (χ1n) is 9.24. The average Bonchev–Trinajstić information content (AvgIpc) is 3.21. The quantitative estimate of drug-likeness (QED) is 0.562. The third-order valence-electron chi connectivity index (χ3n) is 5.57. The Morgan fingerprint density at radius 1 is 1.24 bits per heavy atom. The van der Waals surface area contributed by atoms with Crippen LogP contribution in [0.3, 0.4) is 0 Å². The van der Waals surface area contributed by atoms with E-state index in [0.29, 0.717) is 40.5 Å². The predicted octanol–water partition coefficient (Wildman–Crippen LogP) is 3.27. The van der Waals surface area contributed by atoms with E-state index in [2.05, 4.69) is 17.5 Å². The van der Waals surface area contributed by atoms with Gasteiger partial charge in [0.1, 0.15) is 17.0 Å². The van der Waals surface area contributed by atoms with E-state index >= 15 is 0 Å². The maximum absolute atomic E-state index is 12.6. The zero-order valence-corrected chi connectivity index (χ0v) is 17.1. The number of thiocarbonyl (C=S) groups is 1. The van der Waals surface area contributed by atoms with Gasteiger partial charge in [-0.2, -0.15) is 10.5 Å². The van der Waals surface area contributed by atoms with Gasteiger partial charge < -0.3 is 19.5 Å². The first kappa shape index (κ1) is 20.6. The Morgan fingerprint density at radius 2 is 1.93 bits per heavy atom. The van der Waals surface area contributed by atoms with Gasteiger partial charge in [-0.05, 0) is 31.0 Å².